The average Bonchev–Trinajstić information content (AvgIpc) is 2.55. The third-order valence-corrected chi connectivity index (χ3v) is 2.72. The molecule has 13 heavy (non-hydrogen) atoms. The van der Waals surface area contributed by atoms with E-state index < -0.39 is 0 Å². The van der Waals surface area contributed by atoms with Gasteiger partial charge in [-0.25, -0.2) is 0 Å². The summed E-state index contributed by atoms with van der Waals surface area (Å²) in [4.78, 5) is 11.6. The Morgan fingerprint density at radius 3 is 2.85 bits per heavy atom. The highest BCUT2D eigenvalue weighted by molar-refractivity contribution is 5.82. The van der Waals surface area contributed by atoms with Gasteiger partial charge in [0, 0.05) is 6.97 Å². The van der Waals surface area contributed by atoms with Crippen molar-refractivity contribution in [2.45, 2.75) is 51.6 Å². The quantitative estimate of drug-likeness (QED) is 0.697. The SMILES string of the molecule is CCC(C)(C)NC(=O)C1CCCN1.[HH]. The molecule has 1 unspecified atom stereocenters. The molecule has 0 spiro atoms. The second-order valence-corrected chi connectivity index (χ2v) is 4.38. The molecule has 0 radical (unpaired) electrons. The summed E-state index contributed by atoms with van der Waals surface area (Å²) in [6, 6.07) is 0.0471. The molecule has 0 aromatic heterocycles. The largest absolute Gasteiger partial charge is 0.350 e. The van der Waals surface area contributed by atoms with Gasteiger partial charge in [-0.05, 0) is 39.7 Å². The van der Waals surface area contributed by atoms with Crippen LogP contribution in [0, 0.1) is 0 Å². The highest BCUT2D eigenvalue weighted by Gasteiger charge is 2.26. The Labute approximate surface area is 81.8 Å². The van der Waals surface area contributed by atoms with Crippen LogP contribution in [0.15, 0.2) is 0 Å². The van der Waals surface area contributed by atoms with Crippen LogP contribution in [0.2, 0.25) is 0 Å². The molecule has 2 N–H and O–H groups in total. The minimum atomic E-state index is -0.0681. The van der Waals surface area contributed by atoms with Gasteiger partial charge in [-0.2, -0.15) is 0 Å². The van der Waals surface area contributed by atoms with Crippen molar-refractivity contribution in [2.75, 3.05) is 6.54 Å². The van der Waals surface area contributed by atoms with Crippen molar-refractivity contribution >= 4 is 5.91 Å². The van der Waals surface area contributed by atoms with E-state index in [1.54, 1.807) is 0 Å². The van der Waals surface area contributed by atoms with Crippen LogP contribution in [0.4, 0.5) is 0 Å². The van der Waals surface area contributed by atoms with E-state index in [4.69, 9.17) is 0 Å². The molecule has 1 saturated heterocycles. The fourth-order valence-corrected chi connectivity index (χ4v) is 1.42. The molecule has 1 heterocycles. The number of rotatable bonds is 3. The maximum atomic E-state index is 11.6. The van der Waals surface area contributed by atoms with Gasteiger partial charge in [0.15, 0.2) is 0 Å². The minimum Gasteiger partial charge on any atom is -0.350 e. The normalized spacial score (nSPS) is 23.2. The van der Waals surface area contributed by atoms with Crippen molar-refractivity contribution in [3.63, 3.8) is 0 Å². The van der Waals surface area contributed by atoms with Crippen LogP contribution in [-0.4, -0.2) is 24.0 Å². The van der Waals surface area contributed by atoms with Gasteiger partial charge in [0.1, 0.15) is 0 Å². The Bertz CT molecular complexity index is 189. The Kier molecular flexibility index (Phi) is 3.31. The average molecular weight is 186 g/mol. The summed E-state index contributed by atoms with van der Waals surface area (Å²) in [6.07, 6.45) is 3.06. The zero-order chi connectivity index (χ0) is 9.90. The van der Waals surface area contributed by atoms with Crippen LogP contribution in [0.1, 0.15) is 41.5 Å². The fraction of sp³-hybridized carbons (Fsp3) is 0.900. The predicted molar refractivity (Wildman–Crippen MR) is 55.7 cm³/mol. The van der Waals surface area contributed by atoms with Crippen LogP contribution >= 0.6 is 0 Å². The van der Waals surface area contributed by atoms with Crippen molar-refractivity contribution in [2.24, 2.45) is 0 Å². The highest BCUT2D eigenvalue weighted by Crippen LogP contribution is 2.10. The molecule has 1 fully saturated rings. The lowest BCUT2D eigenvalue weighted by Gasteiger charge is -2.26. The van der Waals surface area contributed by atoms with Crippen molar-refractivity contribution in [1.82, 2.24) is 10.6 Å². The van der Waals surface area contributed by atoms with E-state index in [1.807, 2.05) is 0 Å². The van der Waals surface area contributed by atoms with Gasteiger partial charge in [-0.1, -0.05) is 6.92 Å². The van der Waals surface area contributed by atoms with Crippen molar-refractivity contribution < 1.29 is 6.22 Å². The van der Waals surface area contributed by atoms with Gasteiger partial charge in [0.2, 0.25) is 5.91 Å². The Morgan fingerprint density at radius 1 is 1.69 bits per heavy atom. The summed E-state index contributed by atoms with van der Waals surface area (Å²) < 4.78 is 0. The molecule has 1 amide bonds. The lowest BCUT2D eigenvalue weighted by atomic mass is 10.0. The first-order valence-electron chi connectivity index (χ1n) is 5.10. The molecule has 1 aliphatic heterocycles. The van der Waals surface area contributed by atoms with E-state index in [-0.39, 0.29) is 18.9 Å². The molecule has 0 aromatic carbocycles. The first kappa shape index (κ1) is 10.5. The Hall–Kier alpha value is -0.570. The topological polar surface area (TPSA) is 41.1 Å². The molecule has 0 bridgehead atoms. The molecule has 3 nitrogen and oxygen atoms in total. The zero-order valence-electron chi connectivity index (χ0n) is 8.81. The second-order valence-electron chi connectivity index (χ2n) is 4.38. The summed E-state index contributed by atoms with van der Waals surface area (Å²) in [7, 11) is 0. The number of amides is 1. The molecule has 1 aliphatic rings. The molecular formula is C10H22N2O. The summed E-state index contributed by atoms with van der Waals surface area (Å²) in [5.41, 5.74) is -0.0681. The van der Waals surface area contributed by atoms with Crippen LogP contribution in [0.5, 0.6) is 0 Å². The van der Waals surface area contributed by atoms with Crippen LogP contribution in [0.25, 0.3) is 0 Å². The smallest absolute Gasteiger partial charge is 0.237 e. The van der Waals surface area contributed by atoms with Crippen LogP contribution < -0.4 is 10.6 Å². The molecular weight excluding hydrogens is 164 g/mol. The van der Waals surface area contributed by atoms with Gasteiger partial charge in [0.05, 0.1) is 6.04 Å². The second kappa shape index (κ2) is 4.09. The van der Waals surface area contributed by atoms with Gasteiger partial charge in [0.25, 0.3) is 0 Å². The van der Waals surface area contributed by atoms with Gasteiger partial charge >= 0.3 is 0 Å². The summed E-state index contributed by atoms with van der Waals surface area (Å²) >= 11 is 0. The van der Waals surface area contributed by atoms with E-state index in [9.17, 15) is 4.79 Å². The first-order chi connectivity index (χ1) is 6.05. The Morgan fingerprint density at radius 2 is 2.38 bits per heavy atom. The third-order valence-electron chi connectivity index (χ3n) is 2.72. The predicted octanol–water partition coefficient (Wildman–Crippen LogP) is 1.29. The van der Waals surface area contributed by atoms with Crippen LogP contribution in [-0.2, 0) is 4.79 Å². The number of hydrogen-bond acceptors (Lipinski definition) is 2. The minimum absolute atomic E-state index is 0. The summed E-state index contributed by atoms with van der Waals surface area (Å²) in [6.45, 7) is 7.17. The highest BCUT2D eigenvalue weighted by atomic mass is 16.2. The van der Waals surface area contributed by atoms with Gasteiger partial charge in [-0.15, -0.1) is 0 Å². The fourth-order valence-electron chi connectivity index (χ4n) is 1.42. The maximum absolute atomic E-state index is 11.6. The van der Waals surface area contributed by atoms with Crippen molar-refractivity contribution in [3.8, 4) is 0 Å². The van der Waals surface area contributed by atoms with E-state index in [0.717, 1.165) is 25.8 Å². The molecule has 78 valence electrons. The van der Waals surface area contributed by atoms with Gasteiger partial charge < -0.3 is 10.6 Å². The number of carbonyl (C=O) groups is 1. The monoisotopic (exact) mass is 186 g/mol. The van der Waals surface area contributed by atoms with E-state index in [2.05, 4.69) is 31.4 Å². The van der Waals surface area contributed by atoms with E-state index >= 15 is 0 Å². The molecule has 3 heteroatoms. The Balaban J connectivity index is 0.00000169. The molecule has 0 saturated carbocycles. The number of nitrogens with one attached hydrogen (secondary N) is 2. The summed E-state index contributed by atoms with van der Waals surface area (Å²) in [5.74, 6) is 0.157. The lowest BCUT2D eigenvalue weighted by molar-refractivity contribution is -0.124. The number of hydrogen-bond donors (Lipinski definition) is 2. The standard InChI is InChI=1S/C10H20N2O.H2/c1-4-10(2,3)12-9(13)8-6-5-7-11-8;/h8,11H,4-7H2,1-3H3,(H,12,13);1H. The van der Waals surface area contributed by atoms with E-state index in [0.29, 0.717) is 0 Å². The molecule has 1 atom stereocenters. The first-order valence-corrected chi connectivity index (χ1v) is 5.10. The zero-order valence-corrected chi connectivity index (χ0v) is 8.81. The molecule has 0 aromatic rings. The van der Waals surface area contributed by atoms with E-state index in [1.165, 1.54) is 0 Å². The van der Waals surface area contributed by atoms with Crippen molar-refractivity contribution in [1.29, 1.82) is 0 Å². The molecule has 0 aliphatic carbocycles. The summed E-state index contributed by atoms with van der Waals surface area (Å²) in [5, 5.41) is 6.24. The van der Waals surface area contributed by atoms with Crippen molar-refractivity contribution in [3.05, 3.63) is 0 Å². The van der Waals surface area contributed by atoms with Crippen LogP contribution in [0.3, 0.4) is 0 Å². The molecule has 1 rings (SSSR count). The lowest BCUT2D eigenvalue weighted by Crippen LogP contribution is -2.49. The third kappa shape index (κ3) is 2.99. The number of carbonyl (C=O) groups excluding carboxylic acids is 1. The maximum Gasteiger partial charge on any atom is 0.237 e. The van der Waals surface area contributed by atoms with Gasteiger partial charge in [-0.3, -0.25) is 4.79 Å².